The highest BCUT2D eigenvalue weighted by Gasteiger charge is 2.15. The molecule has 1 aliphatic heterocycles. The van der Waals surface area contributed by atoms with Gasteiger partial charge >= 0.3 is 5.97 Å². The summed E-state index contributed by atoms with van der Waals surface area (Å²) in [6.45, 7) is 2.57. The number of rotatable bonds is 4. The highest BCUT2D eigenvalue weighted by atomic mass is 16.4. The Labute approximate surface area is 94.0 Å². The van der Waals surface area contributed by atoms with Crippen molar-refractivity contribution in [3.05, 3.63) is 23.7 Å². The van der Waals surface area contributed by atoms with E-state index in [1.165, 1.54) is 25.5 Å². The van der Waals surface area contributed by atoms with Gasteiger partial charge in [-0.15, -0.1) is 0 Å². The van der Waals surface area contributed by atoms with Crippen LogP contribution in [0.25, 0.3) is 0 Å². The Hall–Kier alpha value is -1.33. The zero-order valence-electron chi connectivity index (χ0n) is 9.11. The largest absolute Gasteiger partial charge is 0.475 e. The van der Waals surface area contributed by atoms with Gasteiger partial charge in [0.05, 0.1) is 6.26 Å². The number of furan rings is 1. The van der Waals surface area contributed by atoms with Gasteiger partial charge in [0.2, 0.25) is 5.76 Å². The maximum Gasteiger partial charge on any atom is 0.372 e. The summed E-state index contributed by atoms with van der Waals surface area (Å²) in [6.07, 6.45) is 5.09. The van der Waals surface area contributed by atoms with E-state index in [-0.39, 0.29) is 5.76 Å². The molecule has 1 fully saturated rings. The van der Waals surface area contributed by atoms with Crippen LogP contribution in [0.1, 0.15) is 35.4 Å². The van der Waals surface area contributed by atoms with E-state index in [1.54, 1.807) is 6.07 Å². The first-order valence-corrected chi connectivity index (χ1v) is 5.55. The van der Waals surface area contributed by atoms with Gasteiger partial charge in [-0.3, -0.25) is 5.43 Å². The van der Waals surface area contributed by atoms with Gasteiger partial charge in [-0.2, -0.15) is 0 Å². The number of carboxylic acids is 1. The maximum absolute atomic E-state index is 10.8. The van der Waals surface area contributed by atoms with Gasteiger partial charge in [0.15, 0.2) is 0 Å². The van der Waals surface area contributed by atoms with Crippen LogP contribution in [-0.2, 0) is 6.54 Å². The second kappa shape index (κ2) is 5.14. The highest BCUT2D eigenvalue weighted by Crippen LogP contribution is 2.11. The lowest BCUT2D eigenvalue weighted by Gasteiger charge is -2.26. The topological polar surface area (TPSA) is 65.7 Å². The summed E-state index contributed by atoms with van der Waals surface area (Å²) in [7, 11) is 0. The third kappa shape index (κ3) is 2.62. The van der Waals surface area contributed by atoms with Crippen molar-refractivity contribution in [2.45, 2.75) is 25.8 Å². The first-order valence-electron chi connectivity index (χ1n) is 5.55. The van der Waals surface area contributed by atoms with Crippen molar-refractivity contribution in [1.29, 1.82) is 0 Å². The molecular formula is C11H16N2O3. The fourth-order valence-corrected chi connectivity index (χ4v) is 1.91. The number of nitrogens with one attached hydrogen (secondary N) is 1. The monoisotopic (exact) mass is 224 g/mol. The van der Waals surface area contributed by atoms with Crippen LogP contribution in [0.4, 0.5) is 0 Å². The Bertz CT molecular complexity index is 356. The number of nitrogens with zero attached hydrogens (tertiary/aromatic N) is 1. The lowest BCUT2D eigenvalue weighted by atomic mass is 10.2. The molecule has 5 heteroatoms. The van der Waals surface area contributed by atoms with E-state index in [1.807, 2.05) is 0 Å². The Morgan fingerprint density at radius 1 is 1.44 bits per heavy atom. The average Bonchev–Trinajstić information content (AvgIpc) is 2.76. The van der Waals surface area contributed by atoms with Gasteiger partial charge in [-0.1, -0.05) is 6.42 Å². The second-order valence-electron chi connectivity index (χ2n) is 3.96. The molecule has 1 aromatic heterocycles. The maximum atomic E-state index is 10.8. The molecule has 0 saturated carbocycles. The van der Waals surface area contributed by atoms with Gasteiger partial charge in [0.1, 0.15) is 0 Å². The molecule has 2 N–H and O–H groups in total. The van der Waals surface area contributed by atoms with Crippen LogP contribution in [0.5, 0.6) is 0 Å². The van der Waals surface area contributed by atoms with E-state index in [2.05, 4.69) is 10.4 Å². The van der Waals surface area contributed by atoms with E-state index >= 15 is 0 Å². The molecule has 0 spiro atoms. The fraction of sp³-hybridized carbons (Fsp3) is 0.545. The molecule has 0 radical (unpaired) electrons. The average molecular weight is 224 g/mol. The zero-order chi connectivity index (χ0) is 11.4. The van der Waals surface area contributed by atoms with E-state index in [0.717, 1.165) is 13.1 Å². The number of hydrazine groups is 1. The predicted octanol–water partition coefficient (Wildman–Crippen LogP) is 1.47. The van der Waals surface area contributed by atoms with E-state index in [0.29, 0.717) is 12.1 Å². The molecule has 0 aliphatic carbocycles. The summed E-state index contributed by atoms with van der Waals surface area (Å²) in [6, 6.07) is 1.69. The molecule has 1 aliphatic rings. The number of carbonyl (C=O) groups is 1. The van der Waals surface area contributed by atoms with Gasteiger partial charge < -0.3 is 9.52 Å². The van der Waals surface area contributed by atoms with Crippen LogP contribution in [0.3, 0.4) is 0 Å². The van der Waals surface area contributed by atoms with Crippen molar-refractivity contribution < 1.29 is 14.3 Å². The van der Waals surface area contributed by atoms with E-state index < -0.39 is 5.97 Å². The molecule has 2 rings (SSSR count). The number of aromatic carboxylic acids is 1. The van der Waals surface area contributed by atoms with Gasteiger partial charge in [0.25, 0.3) is 0 Å². The third-order valence-corrected chi connectivity index (χ3v) is 2.79. The molecule has 5 nitrogen and oxygen atoms in total. The lowest BCUT2D eigenvalue weighted by Crippen LogP contribution is -2.41. The van der Waals surface area contributed by atoms with Crippen LogP contribution in [0, 0.1) is 0 Å². The SMILES string of the molecule is O=C(O)c1occc1CNN1CCCCC1. The third-order valence-electron chi connectivity index (χ3n) is 2.79. The van der Waals surface area contributed by atoms with Crippen LogP contribution in [0.15, 0.2) is 16.7 Å². The molecular weight excluding hydrogens is 208 g/mol. The molecule has 0 atom stereocenters. The molecule has 0 aromatic carbocycles. The number of piperidine rings is 1. The normalized spacial score (nSPS) is 17.5. The van der Waals surface area contributed by atoms with Gasteiger partial charge in [-0.25, -0.2) is 9.80 Å². The van der Waals surface area contributed by atoms with Crippen LogP contribution >= 0.6 is 0 Å². The van der Waals surface area contributed by atoms with Crippen LogP contribution in [-0.4, -0.2) is 29.2 Å². The summed E-state index contributed by atoms with van der Waals surface area (Å²) in [5, 5.41) is 11.0. The Morgan fingerprint density at radius 3 is 2.88 bits per heavy atom. The highest BCUT2D eigenvalue weighted by molar-refractivity contribution is 5.86. The van der Waals surface area contributed by atoms with Gasteiger partial charge in [-0.05, 0) is 18.9 Å². The zero-order valence-corrected chi connectivity index (χ0v) is 9.11. The first kappa shape index (κ1) is 11.2. The Balaban J connectivity index is 1.88. The molecule has 88 valence electrons. The molecule has 0 bridgehead atoms. The van der Waals surface area contributed by atoms with Crippen molar-refractivity contribution in [1.82, 2.24) is 10.4 Å². The minimum absolute atomic E-state index is 0.0320. The van der Waals surface area contributed by atoms with Crippen molar-refractivity contribution >= 4 is 5.97 Å². The van der Waals surface area contributed by atoms with Crippen molar-refractivity contribution in [2.75, 3.05) is 13.1 Å². The lowest BCUT2D eigenvalue weighted by molar-refractivity contribution is 0.0659. The Morgan fingerprint density at radius 2 is 2.19 bits per heavy atom. The molecule has 0 unspecified atom stereocenters. The first-order chi connectivity index (χ1) is 7.77. The molecule has 0 amide bonds. The number of hydrogen-bond acceptors (Lipinski definition) is 4. The molecule has 2 heterocycles. The van der Waals surface area contributed by atoms with Crippen molar-refractivity contribution in [3.63, 3.8) is 0 Å². The minimum atomic E-state index is -1.01. The van der Waals surface area contributed by atoms with Crippen LogP contribution in [0.2, 0.25) is 0 Å². The fourth-order valence-electron chi connectivity index (χ4n) is 1.91. The summed E-state index contributed by atoms with van der Waals surface area (Å²) < 4.78 is 4.91. The molecule has 1 saturated heterocycles. The minimum Gasteiger partial charge on any atom is -0.475 e. The van der Waals surface area contributed by atoms with E-state index in [9.17, 15) is 4.79 Å². The Kier molecular flexibility index (Phi) is 3.58. The quantitative estimate of drug-likeness (QED) is 0.810. The van der Waals surface area contributed by atoms with E-state index in [4.69, 9.17) is 9.52 Å². The summed E-state index contributed by atoms with van der Waals surface area (Å²) >= 11 is 0. The van der Waals surface area contributed by atoms with Crippen molar-refractivity contribution in [3.8, 4) is 0 Å². The summed E-state index contributed by atoms with van der Waals surface area (Å²) in [5.41, 5.74) is 3.92. The predicted molar refractivity (Wildman–Crippen MR) is 57.9 cm³/mol. The standard InChI is InChI=1S/C11H16N2O3/c14-11(15)10-9(4-7-16-10)8-12-13-5-2-1-3-6-13/h4,7,12H,1-3,5-6,8H2,(H,14,15). The van der Waals surface area contributed by atoms with Crippen LogP contribution < -0.4 is 5.43 Å². The smallest absolute Gasteiger partial charge is 0.372 e. The number of hydrogen-bond donors (Lipinski definition) is 2. The summed E-state index contributed by atoms with van der Waals surface area (Å²) in [4.78, 5) is 10.8. The number of carboxylic acid groups (broad SMARTS) is 1. The van der Waals surface area contributed by atoms with Crippen molar-refractivity contribution in [2.24, 2.45) is 0 Å². The molecule has 16 heavy (non-hydrogen) atoms. The second-order valence-corrected chi connectivity index (χ2v) is 3.96. The van der Waals surface area contributed by atoms with Gasteiger partial charge in [0, 0.05) is 25.2 Å². The molecule has 1 aromatic rings. The summed E-state index contributed by atoms with van der Waals surface area (Å²) in [5.74, 6) is -0.982.